The number of nitrogens with one attached hydrogen (secondary N) is 1. The van der Waals surface area contributed by atoms with Crippen LogP contribution in [0.2, 0.25) is 0 Å². The van der Waals surface area contributed by atoms with Crippen molar-refractivity contribution in [2.45, 2.75) is 25.8 Å². The summed E-state index contributed by atoms with van der Waals surface area (Å²) < 4.78 is 26.6. The predicted molar refractivity (Wildman–Crippen MR) is 81.3 cm³/mol. The molecule has 0 saturated carbocycles. The van der Waals surface area contributed by atoms with Crippen LogP contribution in [0.5, 0.6) is 0 Å². The van der Waals surface area contributed by atoms with Gasteiger partial charge in [-0.05, 0) is 38.9 Å². The first-order valence-corrected chi connectivity index (χ1v) is 7.63. The number of benzene rings is 1. The summed E-state index contributed by atoms with van der Waals surface area (Å²) in [6.45, 7) is 3.08. The average Bonchev–Trinajstić information content (AvgIpc) is 2.47. The van der Waals surface area contributed by atoms with Gasteiger partial charge < -0.3 is 11.1 Å². The molecule has 1 aliphatic rings. The Labute approximate surface area is 133 Å². The van der Waals surface area contributed by atoms with Gasteiger partial charge in [0.2, 0.25) is 11.8 Å². The summed E-state index contributed by atoms with van der Waals surface area (Å²) in [6, 6.07) is 2.74. The number of carbonyl (C=O) groups is 2. The molecule has 1 heterocycles. The van der Waals surface area contributed by atoms with E-state index in [0.717, 1.165) is 12.1 Å². The third-order valence-corrected chi connectivity index (χ3v) is 4.16. The Morgan fingerprint density at radius 2 is 2.00 bits per heavy atom. The zero-order valence-electron chi connectivity index (χ0n) is 13.0. The fourth-order valence-corrected chi connectivity index (χ4v) is 2.80. The van der Waals surface area contributed by atoms with Crippen molar-refractivity contribution in [3.05, 3.63) is 35.4 Å². The topological polar surface area (TPSA) is 75.4 Å². The normalized spacial score (nSPS) is 17.7. The number of likely N-dealkylation sites (tertiary alicyclic amines) is 1. The zero-order valence-corrected chi connectivity index (χ0v) is 13.0. The van der Waals surface area contributed by atoms with E-state index >= 15 is 0 Å². The summed E-state index contributed by atoms with van der Waals surface area (Å²) in [4.78, 5) is 25.1. The Morgan fingerprint density at radius 3 is 2.57 bits per heavy atom. The number of rotatable bonds is 5. The number of piperidine rings is 1. The first-order chi connectivity index (χ1) is 10.9. The standard InChI is InChI=1S/C16H21F2N3O2/c1-10(13-3-2-12(17)8-14(13)18)20-15(22)9-21-6-4-11(5-7-21)16(19)23/h2-3,8,10-11H,4-7,9H2,1H3,(H2,19,23)(H,20,22)/t10-/m0/s1. The van der Waals surface area contributed by atoms with E-state index in [1.807, 2.05) is 4.90 Å². The molecule has 0 bridgehead atoms. The van der Waals surface area contributed by atoms with Gasteiger partial charge in [-0.3, -0.25) is 14.5 Å². The fourth-order valence-electron chi connectivity index (χ4n) is 2.80. The molecule has 2 amide bonds. The van der Waals surface area contributed by atoms with E-state index in [1.54, 1.807) is 6.92 Å². The van der Waals surface area contributed by atoms with Crippen LogP contribution in [-0.4, -0.2) is 36.3 Å². The van der Waals surface area contributed by atoms with Crippen molar-refractivity contribution in [1.82, 2.24) is 10.2 Å². The minimum atomic E-state index is -0.680. The van der Waals surface area contributed by atoms with E-state index in [9.17, 15) is 18.4 Å². The summed E-state index contributed by atoms with van der Waals surface area (Å²) in [5.74, 6) is -1.99. The molecule has 3 N–H and O–H groups in total. The maximum absolute atomic E-state index is 13.7. The molecule has 0 radical (unpaired) electrons. The molecule has 0 spiro atoms. The Hall–Kier alpha value is -2.02. The molecule has 23 heavy (non-hydrogen) atoms. The van der Waals surface area contributed by atoms with Gasteiger partial charge in [-0.1, -0.05) is 6.07 Å². The molecule has 1 aromatic rings. The molecule has 1 saturated heterocycles. The van der Waals surface area contributed by atoms with Crippen LogP contribution in [0, 0.1) is 17.6 Å². The van der Waals surface area contributed by atoms with Gasteiger partial charge in [0.05, 0.1) is 12.6 Å². The van der Waals surface area contributed by atoms with Gasteiger partial charge in [0, 0.05) is 17.5 Å². The van der Waals surface area contributed by atoms with Gasteiger partial charge in [-0.2, -0.15) is 0 Å². The van der Waals surface area contributed by atoms with Crippen molar-refractivity contribution in [1.29, 1.82) is 0 Å². The lowest BCUT2D eigenvalue weighted by Gasteiger charge is -2.30. The second kappa shape index (κ2) is 7.50. The molecule has 1 aromatic carbocycles. The number of hydrogen-bond donors (Lipinski definition) is 2. The maximum Gasteiger partial charge on any atom is 0.234 e. The highest BCUT2D eigenvalue weighted by Gasteiger charge is 2.24. The number of primary amides is 1. The molecule has 1 fully saturated rings. The van der Waals surface area contributed by atoms with Gasteiger partial charge in [0.15, 0.2) is 0 Å². The quantitative estimate of drug-likeness (QED) is 0.858. The van der Waals surface area contributed by atoms with Crippen LogP contribution < -0.4 is 11.1 Å². The average molecular weight is 325 g/mol. The lowest BCUT2D eigenvalue weighted by atomic mass is 9.96. The lowest BCUT2D eigenvalue weighted by molar-refractivity contribution is -0.124. The smallest absolute Gasteiger partial charge is 0.234 e. The molecule has 5 nitrogen and oxygen atoms in total. The van der Waals surface area contributed by atoms with E-state index in [1.165, 1.54) is 6.07 Å². The number of nitrogens with two attached hydrogens (primary N) is 1. The van der Waals surface area contributed by atoms with Crippen molar-refractivity contribution in [3.8, 4) is 0 Å². The number of carbonyl (C=O) groups excluding carboxylic acids is 2. The second-order valence-corrected chi connectivity index (χ2v) is 5.91. The molecular formula is C16H21F2N3O2. The number of amides is 2. The molecule has 1 atom stereocenters. The van der Waals surface area contributed by atoms with E-state index in [2.05, 4.69) is 5.32 Å². The van der Waals surface area contributed by atoms with Crippen molar-refractivity contribution in [2.75, 3.05) is 19.6 Å². The third kappa shape index (κ3) is 4.72. The Balaban J connectivity index is 1.84. The third-order valence-electron chi connectivity index (χ3n) is 4.16. The zero-order chi connectivity index (χ0) is 17.0. The van der Waals surface area contributed by atoms with Crippen LogP contribution >= 0.6 is 0 Å². The van der Waals surface area contributed by atoms with E-state index < -0.39 is 17.7 Å². The Bertz CT molecular complexity index is 587. The van der Waals surface area contributed by atoms with Crippen molar-refractivity contribution in [2.24, 2.45) is 11.7 Å². The largest absolute Gasteiger partial charge is 0.369 e. The van der Waals surface area contributed by atoms with Crippen molar-refractivity contribution >= 4 is 11.8 Å². The van der Waals surface area contributed by atoms with Crippen LogP contribution in [0.25, 0.3) is 0 Å². The molecule has 0 unspecified atom stereocenters. The summed E-state index contributed by atoms with van der Waals surface area (Å²) in [7, 11) is 0. The highest BCUT2D eigenvalue weighted by Crippen LogP contribution is 2.19. The molecular weight excluding hydrogens is 304 g/mol. The summed E-state index contributed by atoms with van der Waals surface area (Å²) in [5.41, 5.74) is 5.51. The minimum absolute atomic E-state index is 0.124. The fraction of sp³-hybridized carbons (Fsp3) is 0.500. The predicted octanol–water partition coefficient (Wildman–Crippen LogP) is 1.34. The molecule has 0 aromatic heterocycles. The monoisotopic (exact) mass is 325 g/mol. The van der Waals surface area contributed by atoms with Crippen LogP contribution in [0.1, 0.15) is 31.4 Å². The lowest BCUT2D eigenvalue weighted by Crippen LogP contribution is -2.44. The van der Waals surface area contributed by atoms with Crippen LogP contribution in [0.4, 0.5) is 8.78 Å². The first-order valence-electron chi connectivity index (χ1n) is 7.63. The van der Waals surface area contributed by atoms with Gasteiger partial charge in [0.1, 0.15) is 11.6 Å². The number of nitrogens with zero attached hydrogens (tertiary/aromatic N) is 1. The molecule has 1 aliphatic heterocycles. The first kappa shape index (κ1) is 17.3. The Kier molecular flexibility index (Phi) is 5.65. The summed E-state index contributed by atoms with van der Waals surface area (Å²) in [5, 5.41) is 2.70. The summed E-state index contributed by atoms with van der Waals surface area (Å²) >= 11 is 0. The molecule has 126 valence electrons. The molecule has 0 aliphatic carbocycles. The van der Waals surface area contributed by atoms with Crippen LogP contribution in [-0.2, 0) is 9.59 Å². The SMILES string of the molecule is C[C@H](NC(=O)CN1CCC(C(N)=O)CC1)c1ccc(F)cc1F. The van der Waals surface area contributed by atoms with Crippen LogP contribution in [0.3, 0.4) is 0 Å². The van der Waals surface area contributed by atoms with Crippen LogP contribution in [0.15, 0.2) is 18.2 Å². The minimum Gasteiger partial charge on any atom is -0.369 e. The summed E-state index contributed by atoms with van der Waals surface area (Å²) in [6.07, 6.45) is 1.29. The Morgan fingerprint density at radius 1 is 1.35 bits per heavy atom. The van der Waals surface area contributed by atoms with E-state index in [0.29, 0.717) is 25.9 Å². The van der Waals surface area contributed by atoms with E-state index in [-0.39, 0.29) is 29.8 Å². The van der Waals surface area contributed by atoms with Crippen molar-refractivity contribution in [3.63, 3.8) is 0 Å². The molecule has 2 rings (SSSR count). The highest BCUT2D eigenvalue weighted by molar-refractivity contribution is 5.79. The van der Waals surface area contributed by atoms with Gasteiger partial charge in [-0.25, -0.2) is 8.78 Å². The van der Waals surface area contributed by atoms with E-state index in [4.69, 9.17) is 5.73 Å². The van der Waals surface area contributed by atoms with Gasteiger partial charge >= 0.3 is 0 Å². The highest BCUT2D eigenvalue weighted by atomic mass is 19.1. The van der Waals surface area contributed by atoms with Gasteiger partial charge in [0.25, 0.3) is 0 Å². The second-order valence-electron chi connectivity index (χ2n) is 5.91. The maximum atomic E-state index is 13.7. The van der Waals surface area contributed by atoms with Crippen molar-refractivity contribution < 1.29 is 18.4 Å². The van der Waals surface area contributed by atoms with Gasteiger partial charge in [-0.15, -0.1) is 0 Å². The molecule has 7 heteroatoms. The number of halogens is 2. The number of hydrogen-bond acceptors (Lipinski definition) is 3.